The van der Waals surface area contributed by atoms with Crippen molar-refractivity contribution in [1.82, 2.24) is 9.47 Å². The molecular weight excluding hydrogens is 456 g/mol. The first kappa shape index (κ1) is 26.3. The molecule has 1 fully saturated rings. The maximum atomic E-state index is 12.0. The first-order valence-electron chi connectivity index (χ1n) is 12.4. The molecule has 7 nitrogen and oxygen atoms in total. The quantitative estimate of drug-likeness (QED) is 0.445. The number of hydrogen-bond donors (Lipinski definition) is 3. The molecule has 1 aromatic heterocycles. The van der Waals surface area contributed by atoms with Crippen LogP contribution in [-0.2, 0) is 16.9 Å². The lowest BCUT2D eigenvalue weighted by Gasteiger charge is -2.48. The molecule has 0 amide bonds. The van der Waals surface area contributed by atoms with Gasteiger partial charge < -0.3 is 24.6 Å². The summed E-state index contributed by atoms with van der Waals surface area (Å²) in [6.07, 6.45) is 1.63. The highest BCUT2D eigenvalue weighted by Gasteiger charge is 2.45. The monoisotopic (exact) mass is 492 g/mol. The van der Waals surface area contributed by atoms with Crippen LogP contribution in [0.5, 0.6) is 0 Å². The SMILES string of the molecule is C[C@@H](c1ccc(-c2ccc(=O)n(CCO)c2)cc1)N1CC[C@](CC(C)(C)O)(c2ccccc2)OC1O. The molecule has 36 heavy (non-hydrogen) atoms. The van der Waals surface area contributed by atoms with E-state index in [0.717, 1.165) is 22.3 Å². The van der Waals surface area contributed by atoms with Gasteiger partial charge in [-0.05, 0) is 55.5 Å². The van der Waals surface area contributed by atoms with Gasteiger partial charge in [0.05, 0.1) is 12.2 Å². The Labute approximate surface area is 212 Å². The number of hydrogen-bond acceptors (Lipinski definition) is 6. The molecule has 3 atom stereocenters. The summed E-state index contributed by atoms with van der Waals surface area (Å²) >= 11 is 0. The largest absolute Gasteiger partial charge is 0.395 e. The number of nitrogens with zero attached hydrogens (tertiary/aromatic N) is 2. The van der Waals surface area contributed by atoms with Gasteiger partial charge in [0.2, 0.25) is 6.41 Å². The number of pyridine rings is 1. The Morgan fingerprint density at radius 2 is 1.72 bits per heavy atom. The minimum Gasteiger partial charge on any atom is -0.395 e. The van der Waals surface area contributed by atoms with Crippen molar-refractivity contribution < 1.29 is 20.1 Å². The molecule has 4 rings (SSSR count). The second-order valence-corrected chi connectivity index (χ2v) is 10.3. The minimum atomic E-state index is -1.13. The van der Waals surface area contributed by atoms with E-state index in [-0.39, 0.29) is 24.8 Å². The number of rotatable bonds is 8. The van der Waals surface area contributed by atoms with E-state index < -0.39 is 17.6 Å². The van der Waals surface area contributed by atoms with Gasteiger partial charge in [-0.2, -0.15) is 0 Å². The van der Waals surface area contributed by atoms with Gasteiger partial charge in [0.25, 0.3) is 5.56 Å². The normalized spacial score (nSPS) is 21.9. The average molecular weight is 493 g/mol. The third kappa shape index (κ3) is 5.77. The Hall–Kier alpha value is -2.81. The number of aliphatic hydroxyl groups excluding tert-OH is 2. The topological polar surface area (TPSA) is 95.2 Å². The summed E-state index contributed by atoms with van der Waals surface area (Å²) in [6.45, 7) is 6.32. The molecule has 1 unspecified atom stereocenters. The van der Waals surface area contributed by atoms with E-state index in [0.29, 0.717) is 19.4 Å². The van der Waals surface area contributed by atoms with Crippen LogP contribution < -0.4 is 5.56 Å². The van der Waals surface area contributed by atoms with Crippen LogP contribution in [0.4, 0.5) is 0 Å². The van der Waals surface area contributed by atoms with E-state index in [4.69, 9.17) is 4.74 Å². The van der Waals surface area contributed by atoms with Gasteiger partial charge >= 0.3 is 0 Å². The molecule has 3 aromatic rings. The van der Waals surface area contributed by atoms with Gasteiger partial charge in [0, 0.05) is 37.8 Å². The van der Waals surface area contributed by atoms with Crippen LogP contribution in [0.15, 0.2) is 77.7 Å². The minimum absolute atomic E-state index is 0.0958. The van der Waals surface area contributed by atoms with Crippen LogP contribution in [0.1, 0.15) is 50.8 Å². The van der Waals surface area contributed by atoms with Gasteiger partial charge in [0.15, 0.2) is 0 Å². The molecular formula is C29H36N2O5. The molecule has 0 radical (unpaired) electrons. The molecule has 1 aliphatic heterocycles. The van der Waals surface area contributed by atoms with Crippen molar-refractivity contribution in [2.24, 2.45) is 0 Å². The highest BCUT2D eigenvalue weighted by molar-refractivity contribution is 5.62. The van der Waals surface area contributed by atoms with Crippen molar-refractivity contribution in [1.29, 1.82) is 0 Å². The van der Waals surface area contributed by atoms with Gasteiger partial charge in [-0.25, -0.2) is 4.90 Å². The molecule has 192 valence electrons. The van der Waals surface area contributed by atoms with Crippen molar-refractivity contribution in [3.05, 3.63) is 94.4 Å². The molecule has 0 spiro atoms. The maximum Gasteiger partial charge on any atom is 0.250 e. The van der Waals surface area contributed by atoms with Crippen LogP contribution >= 0.6 is 0 Å². The van der Waals surface area contributed by atoms with E-state index in [1.807, 2.05) is 66.4 Å². The molecule has 1 aliphatic rings. The molecule has 7 heteroatoms. The first-order chi connectivity index (χ1) is 17.1. The van der Waals surface area contributed by atoms with Gasteiger partial charge in [-0.3, -0.25) is 4.79 Å². The Kier molecular flexibility index (Phi) is 7.78. The highest BCUT2D eigenvalue weighted by Crippen LogP contribution is 2.43. The molecule has 3 N–H and O–H groups in total. The Morgan fingerprint density at radius 3 is 2.33 bits per heavy atom. The van der Waals surface area contributed by atoms with Crippen molar-refractivity contribution in [3.63, 3.8) is 0 Å². The summed E-state index contributed by atoms with van der Waals surface area (Å²) in [4.78, 5) is 13.9. The third-order valence-corrected chi connectivity index (χ3v) is 6.95. The predicted octanol–water partition coefficient (Wildman–Crippen LogP) is 3.62. The fraction of sp³-hybridized carbons (Fsp3) is 0.414. The van der Waals surface area contributed by atoms with Crippen LogP contribution in [-0.4, -0.2) is 50.0 Å². The van der Waals surface area contributed by atoms with Crippen LogP contribution in [0, 0.1) is 0 Å². The average Bonchev–Trinajstić information content (AvgIpc) is 2.85. The second kappa shape index (κ2) is 10.7. The number of ether oxygens (including phenoxy) is 1. The summed E-state index contributed by atoms with van der Waals surface area (Å²) in [5, 5.41) is 30.9. The Bertz CT molecular complexity index is 1200. The van der Waals surface area contributed by atoms with Crippen LogP contribution in [0.2, 0.25) is 0 Å². The van der Waals surface area contributed by atoms with E-state index in [1.54, 1.807) is 26.1 Å². The van der Waals surface area contributed by atoms with Gasteiger partial charge in [-0.1, -0.05) is 54.6 Å². The van der Waals surface area contributed by atoms with Crippen LogP contribution in [0.25, 0.3) is 11.1 Å². The molecule has 0 bridgehead atoms. The first-order valence-corrected chi connectivity index (χ1v) is 12.4. The van der Waals surface area contributed by atoms with Crippen LogP contribution in [0.3, 0.4) is 0 Å². The summed E-state index contributed by atoms with van der Waals surface area (Å²) in [6, 6.07) is 21.0. The van der Waals surface area contributed by atoms with Crippen molar-refractivity contribution >= 4 is 0 Å². The smallest absolute Gasteiger partial charge is 0.250 e. The number of aromatic nitrogens is 1. The third-order valence-electron chi connectivity index (χ3n) is 6.95. The Balaban J connectivity index is 1.52. The summed E-state index contributed by atoms with van der Waals surface area (Å²) < 4.78 is 7.80. The maximum absolute atomic E-state index is 12.0. The van der Waals surface area contributed by atoms with E-state index in [1.165, 1.54) is 10.6 Å². The molecule has 1 saturated heterocycles. The van der Waals surface area contributed by atoms with Gasteiger partial charge in [0.1, 0.15) is 5.60 Å². The molecule has 0 saturated carbocycles. The fourth-order valence-corrected chi connectivity index (χ4v) is 5.15. The zero-order valence-electron chi connectivity index (χ0n) is 21.2. The van der Waals surface area contributed by atoms with Crippen molar-refractivity contribution in [2.45, 2.75) is 63.8 Å². The number of aliphatic hydroxyl groups is 3. The fourth-order valence-electron chi connectivity index (χ4n) is 5.15. The predicted molar refractivity (Wildman–Crippen MR) is 139 cm³/mol. The molecule has 2 heterocycles. The zero-order chi connectivity index (χ0) is 25.9. The van der Waals surface area contributed by atoms with E-state index >= 15 is 0 Å². The standard InChI is InChI=1S/C29H36N2O5/c1-21(22-9-11-23(12-10-22)24-13-14-26(33)30(19-24)17-18-32)31-16-15-29(36-27(31)34,20-28(2,3)35)25-7-5-4-6-8-25/h4-14,19,21,27,32,34-35H,15-18,20H2,1-3H3/t21-,27?,29-/m0/s1. The van der Waals surface area contributed by atoms with Crippen molar-refractivity contribution in [3.8, 4) is 11.1 Å². The summed E-state index contributed by atoms with van der Waals surface area (Å²) in [5.41, 5.74) is 1.94. The van der Waals surface area contributed by atoms with Crippen molar-refractivity contribution in [2.75, 3.05) is 13.2 Å². The van der Waals surface area contributed by atoms with Gasteiger partial charge in [-0.15, -0.1) is 0 Å². The lowest BCUT2D eigenvalue weighted by atomic mass is 9.80. The molecule has 0 aliphatic carbocycles. The second-order valence-electron chi connectivity index (χ2n) is 10.3. The summed E-state index contributed by atoms with van der Waals surface area (Å²) in [7, 11) is 0. The lowest BCUT2D eigenvalue weighted by Crippen LogP contribution is -2.53. The highest BCUT2D eigenvalue weighted by atomic mass is 16.6. The van der Waals surface area contributed by atoms with E-state index in [9.17, 15) is 20.1 Å². The Morgan fingerprint density at radius 1 is 1.06 bits per heavy atom. The summed E-state index contributed by atoms with van der Waals surface area (Å²) in [5.74, 6) is 0. The zero-order valence-corrected chi connectivity index (χ0v) is 21.2. The van der Waals surface area contributed by atoms with E-state index in [2.05, 4.69) is 0 Å². The number of benzene rings is 2. The lowest BCUT2D eigenvalue weighted by molar-refractivity contribution is -0.304. The molecule has 2 aromatic carbocycles.